The lowest BCUT2D eigenvalue weighted by Crippen LogP contribution is -2.15. The molecule has 0 bridgehead atoms. The first-order valence-corrected chi connectivity index (χ1v) is 6.18. The van der Waals surface area contributed by atoms with Gasteiger partial charge in [-0.25, -0.2) is 0 Å². The van der Waals surface area contributed by atoms with E-state index in [4.69, 9.17) is 4.99 Å². The van der Waals surface area contributed by atoms with Crippen LogP contribution in [0, 0.1) is 0 Å². The minimum atomic E-state index is 0.198. The molecule has 1 aromatic carbocycles. The van der Waals surface area contributed by atoms with Crippen molar-refractivity contribution in [3.8, 4) is 0 Å². The van der Waals surface area contributed by atoms with Crippen molar-refractivity contribution in [2.24, 2.45) is 9.98 Å². The average Bonchev–Trinajstić information content (AvgIpc) is 2.51. The second kappa shape index (κ2) is 5.58. The smallest absolute Gasteiger partial charge is 0.0919 e. The Bertz CT molecular complexity index is 470. The summed E-state index contributed by atoms with van der Waals surface area (Å²) in [7, 11) is 0. The molecule has 2 nitrogen and oxygen atoms in total. The van der Waals surface area contributed by atoms with Crippen LogP contribution in [0.15, 0.2) is 46.4 Å². The Kier molecular flexibility index (Phi) is 3.86. The van der Waals surface area contributed by atoms with Crippen molar-refractivity contribution in [2.45, 2.75) is 32.7 Å². The first-order valence-electron chi connectivity index (χ1n) is 6.18. The van der Waals surface area contributed by atoms with Crippen LogP contribution < -0.4 is 0 Å². The van der Waals surface area contributed by atoms with E-state index in [2.05, 4.69) is 24.1 Å². The molecule has 0 N–H and O–H groups in total. The quantitative estimate of drug-likeness (QED) is 0.746. The summed E-state index contributed by atoms with van der Waals surface area (Å²) < 4.78 is 0. The van der Waals surface area contributed by atoms with Gasteiger partial charge in [0.05, 0.1) is 17.4 Å². The number of rotatable bonds is 3. The molecule has 1 atom stereocenters. The second-order valence-corrected chi connectivity index (χ2v) is 4.18. The van der Waals surface area contributed by atoms with Gasteiger partial charge in [-0.05, 0) is 25.5 Å². The molecule has 0 radical (unpaired) electrons. The van der Waals surface area contributed by atoms with Crippen LogP contribution in [-0.2, 0) is 0 Å². The third-order valence-corrected chi connectivity index (χ3v) is 2.82. The van der Waals surface area contributed by atoms with Gasteiger partial charge in [0.15, 0.2) is 0 Å². The standard InChI is InChI=1S/C15H18N2/c1-3-7-14-15(8-4-2)17-13-10-6-5-9-12(13)11-16-14/h4-6,8-11,14H,3,7H2,1-2H3. The lowest BCUT2D eigenvalue weighted by atomic mass is 10.1. The van der Waals surface area contributed by atoms with Crippen molar-refractivity contribution in [1.29, 1.82) is 0 Å². The van der Waals surface area contributed by atoms with E-state index in [9.17, 15) is 0 Å². The van der Waals surface area contributed by atoms with Crippen LogP contribution in [0.1, 0.15) is 32.3 Å². The summed E-state index contributed by atoms with van der Waals surface area (Å²) in [4.78, 5) is 9.38. The molecule has 0 fully saturated rings. The molecule has 0 saturated heterocycles. The molecule has 0 aliphatic carbocycles. The van der Waals surface area contributed by atoms with E-state index in [1.165, 1.54) is 0 Å². The Morgan fingerprint density at radius 2 is 2.12 bits per heavy atom. The predicted octanol–water partition coefficient (Wildman–Crippen LogP) is 3.94. The summed E-state index contributed by atoms with van der Waals surface area (Å²) >= 11 is 0. The van der Waals surface area contributed by atoms with Crippen LogP contribution in [0.4, 0.5) is 5.69 Å². The highest BCUT2D eigenvalue weighted by Gasteiger charge is 2.14. The molecule has 17 heavy (non-hydrogen) atoms. The molecule has 1 aliphatic heterocycles. The fourth-order valence-corrected chi connectivity index (χ4v) is 1.97. The molecule has 1 aliphatic rings. The topological polar surface area (TPSA) is 24.7 Å². The monoisotopic (exact) mass is 226 g/mol. The molecule has 88 valence electrons. The number of nitrogens with zero attached hydrogens (tertiary/aromatic N) is 2. The number of fused-ring (bicyclic) bond motifs is 1. The van der Waals surface area contributed by atoms with Crippen molar-refractivity contribution in [2.75, 3.05) is 0 Å². The maximum atomic E-state index is 4.73. The average molecular weight is 226 g/mol. The Hall–Kier alpha value is -1.70. The van der Waals surface area contributed by atoms with Gasteiger partial charge >= 0.3 is 0 Å². The lowest BCUT2D eigenvalue weighted by molar-refractivity contribution is 0.738. The van der Waals surface area contributed by atoms with E-state index in [1.54, 1.807) is 0 Å². The molecule has 0 spiro atoms. The summed E-state index contributed by atoms with van der Waals surface area (Å²) in [5.41, 5.74) is 3.19. The maximum absolute atomic E-state index is 4.73. The summed E-state index contributed by atoms with van der Waals surface area (Å²) in [6.45, 7) is 4.20. The van der Waals surface area contributed by atoms with Gasteiger partial charge in [-0.3, -0.25) is 9.98 Å². The van der Waals surface area contributed by atoms with Gasteiger partial charge in [0.2, 0.25) is 0 Å². The van der Waals surface area contributed by atoms with Crippen LogP contribution in [0.25, 0.3) is 0 Å². The third-order valence-electron chi connectivity index (χ3n) is 2.82. The van der Waals surface area contributed by atoms with Gasteiger partial charge in [0, 0.05) is 11.8 Å². The molecule has 0 saturated carbocycles. The van der Waals surface area contributed by atoms with Crippen molar-refractivity contribution in [3.05, 3.63) is 42.0 Å². The maximum Gasteiger partial charge on any atom is 0.0919 e. The number of para-hydroxylation sites is 1. The number of allylic oxidation sites excluding steroid dienone is 1. The zero-order valence-corrected chi connectivity index (χ0v) is 10.4. The number of hydrogen-bond acceptors (Lipinski definition) is 2. The molecular formula is C15H18N2. The van der Waals surface area contributed by atoms with Gasteiger partial charge in [0.25, 0.3) is 0 Å². The fraction of sp³-hybridized carbons (Fsp3) is 0.333. The minimum absolute atomic E-state index is 0.198. The van der Waals surface area contributed by atoms with E-state index in [0.717, 1.165) is 29.8 Å². The lowest BCUT2D eigenvalue weighted by Gasteiger charge is -2.09. The first kappa shape index (κ1) is 11.8. The van der Waals surface area contributed by atoms with Crippen molar-refractivity contribution in [3.63, 3.8) is 0 Å². The molecular weight excluding hydrogens is 208 g/mol. The highest BCUT2D eigenvalue weighted by atomic mass is 14.9. The van der Waals surface area contributed by atoms with E-state index in [0.29, 0.717) is 0 Å². The molecule has 1 aromatic rings. The molecule has 0 amide bonds. The van der Waals surface area contributed by atoms with Crippen LogP contribution in [0.2, 0.25) is 0 Å². The van der Waals surface area contributed by atoms with Crippen LogP contribution in [0.3, 0.4) is 0 Å². The summed E-state index contributed by atoms with van der Waals surface area (Å²) in [5, 5.41) is 0. The zero-order valence-electron chi connectivity index (χ0n) is 10.4. The molecule has 1 heterocycles. The van der Waals surface area contributed by atoms with Crippen molar-refractivity contribution in [1.82, 2.24) is 0 Å². The SMILES string of the molecule is CC=CC1=Nc2ccccc2C=NC1CCC. The number of hydrogen-bond donors (Lipinski definition) is 0. The molecule has 0 aromatic heterocycles. The third kappa shape index (κ3) is 2.70. The summed E-state index contributed by atoms with van der Waals surface area (Å²) in [6, 6.07) is 8.34. The first-order chi connectivity index (χ1) is 8.35. The van der Waals surface area contributed by atoms with Crippen LogP contribution in [-0.4, -0.2) is 18.0 Å². The minimum Gasteiger partial charge on any atom is -0.283 e. The summed E-state index contributed by atoms with van der Waals surface area (Å²) in [6.07, 6.45) is 8.23. The zero-order chi connectivity index (χ0) is 12.1. The second-order valence-electron chi connectivity index (χ2n) is 4.18. The van der Waals surface area contributed by atoms with E-state index < -0.39 is 0 Å². The summed E-state index contributed by atoms with van der Waals surface area (Å²) in [5.74, 6) is 0. The van der Waals surface area contributed by atoms with Gasteiger partial charge in [-0.1, -0.05) is 37.6 Å². The van der Waals surface area contributed by atoms with Gasteiger partial charge < -0.3 is 0 Å². The number of aliphatic imine (C=N–C) groups is 2. The Labute approximate surface area is 103 Å². The largest absolute Gasteiger partial charge is 0.283 e. The van der Waals surface area contributed by atoms with Gasteiger partial charge in [-0.15, -0.1) is 0 Å². The van der Waals surface area contributed by atoms with E-state index in [1.807, 2.05) is 37.4 Å². The van der Waals surface area contributed by atoms with Crippen molar-refractivity contribution < 1.29 is 0 Å². The Morgan fingerprint density at radius 3 is 2.88 bits per heavy atom. The Morgan fingerprint density at radius 1 is 1.29 bits per heavy atom. The highest BCUT2D eigenvalue weighted by Crippen LogP contribution is 2.22. The van der Waals surface area contributed by atoms with Gasteiger partial charge in [0.1, 0.15) is 0 Å². The Balaban J connectivity index is 2.44. The molecule has 2 rings (SSSR count). The van der Waals surface area contributed by atoms with E-state index >= 15 is 0 Å². The highest BCUT2D eigenvalue weighted by molar-refractivity contribution is 6.05. The fourth-order valence-electron chi connectivity index (χ4n) is 1.97. The van der Waals surface area contributed by atoms with Crippen LogP contribution in [0.5, 0.6) is 0 Å². The van der Waals surface area contributed by atoms with E-state index in [-0.39, 0.29) is 6.04 Å². The molecule has 2 heteroatoms. The van der Waals surface area contributed by atoms with Gasteiger partial charge in [-0.2, -0.15) is 0 Å². The van der Waals surface area contributed by atoms with Crippen LogP contribution >= 0.6 is 0 Å². The number of benzene rings is 1. The van der Waals surface area contributed by atoms with Crippen molar-refractivity contribution >= 4 is 17.6 Å². The predicted molar refractivity (Wildman–Crippen MR) is 74.6 cm³/mol. The normalized spacial score (nSPS) is 18.9. The molecule has 1 unspecified atom stereocenters.